The SMILES string of the molecule is C=Cc1cc(=C)/c(=C\CCC)cc1C=C. The molecule has 0 saturated carbocycles. The second kappa shape index (κ2) is 5.35. The topological polar surface area (TPSA) is 0 Å². The second-order valence-electron chi connectivity index (χ2n) is 3.58. The summed E-state index contributed by atoms with van der Waals surface area (Å²) in [5, 5.41) is 2.27. The Hall–Kier alpha value is -1.56. The van der Waals surface area contributed by atoms with Gasteiger partial charge in [0.15, 0.2) is 0 Å². The van der Waals surface area contributed by atoms with Crippen LogP contribution in [0.2, 0.25) is 0 Å². The van der Waals surface area contributed by atoms with Gasteiger partial charge < -0.3 is 0 Å². The van der Waals surface area contributed by atoms with Gasteiger partial charge >= 0.3 is 0 Å². The zero-order valence-corrected chi connectivity index (χ0v) is 9.42. The van der Waals surface area contributed by atoms with Crippen LogP contribution in [0.25, 0.3) is 24.8 Å². The third-order valence-electron chi connectivity index (χ3n) is 2.44. The van der Waals surface area contributed by atoms with E-state index in [1.165, 1.54) is 5.22 Å². The number of hydrogen-bond donors (Lipinski definition) is 0. The summed E-state index contributed by atoms with van der Waals surface area (Å²) in [5.41, 5.74) is 2.23. The summed E-state index contributed by atoms with van der Waals surface area (Å²) in [6.45, 7) is 13.8. The van der Waals surface area contributed by atoms with Gasteiger partial charge in [0.05, 0.1) is 0 Å². The van der Waals surface area contributed by atoms with Crippen LogP contribution < -0.4 is 10.4 Å². The number of hydrogen-bond acceptors (Lipinski definition) is 0. The van der Waals surface area contributed by atoms with E-state index >= 15 is 0 Å². The van der Waals surface area contributed by atoms with Gasteiger partial charge in [0, 0.05) is 0 Å². The zero-order valence-electron chi connectivity index (χ0n) is 9.42. The first-order valence-electron chi connectivity index (χ1n) is 5.31. The predicted octanol–water partition coefficient (Wildman–Crippen LogP) is 2.96. The Labute approximate surface area is 92.0 Å². The van der Waals surface area contributed by atoms with Crippen LogP contribution in [0.5, 0.6) is 0 Å². The fourth-order valence-electron chi connectivity index (χ4n) is 1.54. The van der Waals surface area contributed by atoms with Gasteiger partial charge in [-0.05, 0) is 40.1 Å². The molecule has 1 aromatic carbocycles. The molecule has 0 aliphatic heterocycles. The van der Waals surface area contributed by atoms with Gasteiger partial charge in [0.25, 0.3) is 0 Å². The van der Waals surface area contributed by atoms with E-state index in [-0.39, 0.29) is 0 Å². The molecule has 0 bridgehead atoms. The molecule has 0 heteroatoms. The number of rotatable bonds is 4. The Bertz CT molecular complexity index is 464. The quantitative estimate of drug-likeness (QED) is 0.697. The molecule has 0 radical (unpaired) electrons. The molecule has 0 unspecified atom stereocenters. The van der Waals surface area contributed by atoms with Crippen molar-refractivity contribution in [2.24, 2.45) is 0 Å². The first-order chi connectivity index (χ1) is 7.22. The predicted molar refractivity (Wildman–Crippen MR) is 70.8 cm³/mol. The normalized spacial score (nSPS) is 11.4. The van der Waals surface area contributed by atoms with E-state index in [0.717, 1.165) is 29.2 Å². The number of benzene rings is 1. The average Bonchev–Trinajstić information content (AvgIpc) is 2.27. The fraction of sp³-hybridized carbons (Fsp3) is 0.200. The smallest absolute Gasteiger partial charge is 0.0184 e. The van der Waals surface area contributed by atoms with Crippen molar-refractivity contribution >= 4 is 24.8 Å². The van der Waals surface area contributed by atoms with E-state index in [0.29, 0.717) is 0 Å². The van der Waals surface area contributed by atoms with E-state index in [1.54, 1.807) is 0 Å². The summed E-state index contributed by atoms with van der Waals surface area (Å²) >= 11 is 0. The van der Waals surface area contributed by atoms with Gasteiger partial charge in [0.1, 0.15) is 0 Å². The molecule has 0 saturated heterocycles. The summed E-state index contributed by atoms with van der Waals surface area (Å²) in [6.07, 6.45) is 8.18. The second-order valence-corrected chi connectivity index (χ2v) is 3.58. The Kier molecular flexibility index (Phi) is 4.11. The van der Waals surface area contributed by atoms with Crippen LogP contribution in [0.4, 0.5) is 0 Å². The van der Waals surface area contributed by atoms with Crippen molar-refractivity contribution in [3.8, 4) is 0 Å². The van der Waals surface area contributed by atoms with Crippen molar-refractivity contribution in [3.63, 3.8) is 0 Å². The van der Waals surface area contributed by atoms with Crippen LogP contribution in [-0.2, 0) is 0 Å². The third-order valence-corrected chi connectivity index (χ3v) is 2.44. The molecule has 0 amide bonds. The minimum atomic E-state index is 1.06. The van der Waals surface area contributed by atoms with Crippen molar-refractivity contribution in [2.75, 3.05) is 0 Å². The molecule has 15 heavy (non-hydrogen) atoms. The molecule has 1 aromatic rings. The lowest BCUT2D eigenvalue weighted by molar-refractivity contribution is 0.991. The molecular weight excluding hydrogens is 180 g/mol. The molecule has 0 heterocycles. The van der Waals surface area contributed by atoms with E-state index in [2.05, 4.69) is 44.9 Å². The highest BCUT2D eigenvalue weighted by Gasteiger charge is 1.95. The Balaban J connectivity index is 3.38. The van der Waals surface area contributed by atoms with Gasteiger partial charge in [0.2, 0.25) is 0 Å². The molecular formula is C15H18. The Morgan fingerprint density at radius 1 is 1.13 bits per heavy atom. The van der Waals surface area contributed by atoms with E-state index in [4.69, 9.17) is 0 Å². The summed E-state index contributed by atoms with van der Waals surface area (Å²) in [4.78, 5) is 0. The van der Waals surface area contributed by atoms with Crippen LogP contribution in [0.3, 0.4) is 0 Å². The summed E-state index contributed by atoms with van der Waals surface area (Å²) in [5.74, 6) is 0. The molecule has 0 fully saturated rings. The Morgan fingerprint density at radius 3 is 2.27 bits per heavy atom. The minimum Gasteiger partial charge on any atom is -0.0984 e. The molecule has 0 atom stereocenters. The number of unbranched alkanes of at least 4 members (excludes halogenated alkanes) is 1. The van der Waals surface area contributed by atoms with Crippen molar-refractivity contribution in [1.82, 2.24) is 0 Å². The molecule has 0 aliphatic rings. The van der Waals surface area contributed by atoms with Crippen molar-refractivity contribution in [1.29, 1.82) is 0 Å². The molecule has 0 N–H and O–H groups in total. The maximum atomic E-state index is 4.04. The molecule has 78 valence electrons. The highest BCUT2D eigenvalue weighted by molar-refractivity contribution is 5.64. The summed E-state index contributed by atoms with van der Waals surface area (Å²) < 4.78 is 0. The van der Waals surface area contributed by atoms with Crippen LogP contribution in [0, 0.1) is 0 Å². The highest BCUT2D eigenvalue weighted by Crippen LogP contribution is 2.06. The van der Waals surface area contributed by atoms with E-state index in [1.807, 2.05) is 12.2 Å². The zero-order chi connectivity index (χ0) is 11.3. The first-order valence-corrected chi connectivity index (χ1v) is 5.31. The molecule has 0 spiro atoms. The lowest BCUT2D eigenvalue weighted by Gasteiger charge is -2.01. The van der Waals surface area contributed by atoms with Crippen LogP contribution in [0.15, 0.2) is 25.3 Å². The van der Waals surface area contributed by atoms with Gasteiger partial charge in [-0.2, -0.15) is 0 Å². The summed E-state index contributed by atoms with van der Waals surface area (Å²) in [6, 6.07) is 4.19. The van der Waals surface area contributed by atoms with Gasteiger partial charge in [-0.15, -0.1) is 0 Å². The van der Waals surface area contributed by atoms with Gasteiger partial charge in [-0.3, -0.25) is 0 Å². The van der Waals surface area contributed by atoms with Crippen LogP contribution in [-0.4, -0.2) is 0 Å². The Morgan fingerprint density at radius 2 is 1.73 bits per heavy atom. The maximum absolute atomic E-state index is 4.04. The lowest BCUT2D eigenvalue weighted by atomic mass is 10.0. The molecule has 0 nitrogen and oxygen atoms in total. The fourth-order valence-corrected chi connectivity index (χ4v) is 1.54. The summed E-state index contributed by atoms with van der Waals surface area (Å²) in [7, 11) is 0. The molecule has 0 aromatic heterocycles. The van der Waals surface area contributed by atoms with Crippen molar-refractivity contribution in [3.05, 3.63) is 46.9 Å². The van der Waals surface area contributed by atoms with Crippen molar-refractivity contribution in [2.45, 2.75) is 19.8 Å². The monoisotopic (exact) mass is 198 g/mol. The first kappa shape index (κ1) is 11.5. The van der Waals surface area contributed by atoms with Gasteiger partial charge in [-0.25, -0.2) is 0 Å². The third kappa shape index (κ3) is 2.69. The standard InChI is InChI=1S/C15H18/c1-5-8-9-15-11-14(7-3)13(6-2)10-12(15)4/h6-7,9-11H,2-5,8H2,1H3/b15-9-. The largest absolute Gasteiger partial charge is 0.0984 e. The average molecular weight is 198 g/mol. The lowest BCUT2D eigenvalue weighted by Crippen LogP contribution is -2.23. The highest BCUT2D eigenvalue weighted by atomic mass is 14.0. The van der Waals surface area contributed by atoms with E-state index < -0.39 is 0 Å². The molecule has 1 rings (SSSR count). The molecule has 0 aliphatic carbocycles. The van der Waals surface area contributed by atoms with Gasteiger partial charge in [-0.1, -0.05) is 51.3 Å². The maximum Gasteiger partial charge on any atom is -0.0184 e. The van der Waals surface area contributed by atoms with E-state index in [9.17, 15) is 0 Å². The van der Waals surface area contributed by atoms with Crippen LogP contribution in [0.1, 0.15) is 30.9 Å². The van der Waals surface area contributed by atoms with Crippen LogP contribution >= 0.6 is 0 Å². The van der Waals surface area contributed by atoms with Crippen molar-refractivity contribution < 1.29 is 0 Å². The minimum absolute atomic E-state index is 1.06.